The minimum Gasteiger partial charge on any atom is -0.481 e. The number of ether oxygens (including phenoxy) is 2. The highest BCUT2D eigenvalue weighted by atomic mass is 16.7. The molecule has 3 rings (SSSR count). The van der Waals surface area contributed by atoms with Gasteiger partial charge in [0, 0.05) is 31.4 Å². The van der Waals surface area contributed by atoms with E-state index in [9.17, 15) is 44.7 Å². The first-order valence-corrected chi connectivity index (χ1v) is 17.0. The van der Waals surface area contributed by atoms with Gasteiger partial charge in [0.25, 0.3) is 5.79 Å². The van der Waals surface area contributed by atoms with E-state index in [4.69, 9.17) is 14.6 Å². The van der Waals surface area contributed by atoms with Crippen molar-refractivity contribution in [2.45, 2.75) is 107 Å². The second-order valence-corrected chi connectivity index (χ2v) is 12.5. The molecule has 1 heterocycles. The predicted octanol–water partition coefficient (Wildman–Crippen LogP) is 1.25. The molecule has 2 aromatic rings. The zero-order valence-electron chi connectivity index (χ0n) is 28.4. The fraction of sp³-hybridized carbons (Fsp3) is 0.514. The second kappa shape index (κ2) is 21.1. The van der Waals surface area contributed by atoms with Crippen molar-refractivity contribution in [1.29, 1.82) is 0 Å². The van der Waals surface area contributed by atoms with E-state index in [1.807, 2.05) is 0 Å². The van der Waals surface area contributed by atoms with Crippen LogP contribution in [0, 0.1) is 11.8 Å². The number of hydrogen-bond acceptors (Lipinski definition) is 10. The summed E-state index contributed by atoms with van der Waals surface area (Å²) < 4.78 is 11.4. The van der Waals surface area contributed by atoms with Gasteiger partial charge in [0.05, 0.1) is 31.3 Å². The van der Waals surface area contributed by atoms with Crippen LogP contribution in [0.2, 0.25) is 0 Å². The summed E-state index contributed by atoms with van der Waals surface area (Å²) in [6, 6.07) is 14.2. The van der Waals surface area contributed by atoms with Gasteiger partial charge in [-0.3, -0.25) is 14.4 Å². The molecule has 0 aromatic heterocycles. The van der Waals surface area contributed by atoms with Gasteiger partial charge in [0.2, 0.25) is 11.8 Å². The monoisotopic (exact) mass is 712 g/mol. The van der Waals surface area contributed by atoms with Crippen LogP contribution in [0.4, 0.5) is 0 Å². The number of unbranched alkanes of at least 4 members (excludes halogenated alkanes) is 6. The quantitative estimate of drug-likeness (QED) is 0.0716. The summed E-state index contributed by atoms with van der Waals surface area (Å²) in [4.78, 5) is 47.7. The van der Waals surface area contributed by atoms with Gasteiger partial charge < -0.3 is 50.7 Å². The lowest BCUT2D eigenvalue weighted by atomic mass is 9.88. The summed E-state index contributed by atoms with van der Waals surface area (Å²) in [5.74, 6) is -0.0326. The number of carboxylic acids is 2. The van der Waals surface area contributed by atoms with Crippen LogP contribution in [-0.4, -0.2) is 104 Å². The molecular formula is C37H48N2O12. The third-order valence-corrected chi connectivity index (χ3v) is 8.42. The van der Waals surface area contributed by atoms with Crippen LogP contribution in [0.5, 0.6) is 0 Å². The van der Waals surface area contributed by atoms with Crippen molar-refractivity contribution in [3.05, 3.63) is 71.3 Å². The van der Waals surface area contributed by atoms with Crippen LogP contribution >= 0.6 is 0 Å². The van der Waals surface area contributed by atoms with Crippen molar-refractivity contribution in [3.63, 3.8) is 0 Å². The first-order chi connectivity index (χ1) is 24.4. The zero-order valence-corrected chi connectivity index (χ0v) is 28.4. The van der Waals surface area contributed by atoms with Gasteiger partial charge >= 0.3 is 11.9 Å². The molecule has 0 unspecified atom stereocenters. The molecule has 0 spiro atoms. The van der Waals surface area contributed by atoms with Gasteiger partial charge in [-0.1, -0.05) is 80.0 Å². The number of carboxylic acid groups (broad SMARTS) is 2. The predicted molar refractivity (Wildman–Crippen MR) is 183 cm³/mol. The van der Waals surface area contributed by atoms with Gasteiger partial charge in [-0.15, -0.1) is 0 Å². The normalized spacial score (nSPS) is 21.1. The number of benzene rings is 2. The van der Waals surface area contributed by atoms with Crippen LogP contribution < -0.4 is 10.6 Å². The highest BCUT2D eigenvalue weighted by Crippen LogP contribution is 2.34. The molecule has 8 N–H and O–H groups in total. The van der Waals surface area contributed by atoms with Gasteiger partial charge in [-0.05, 0) is 36.1 Å². The number of carbonyl (C=O) groups excluding carboxylic acids is 2. The van der Waals surface area contributed by atoms with E-state index >= 15 is 0 Å². The zero-order chi connectivity index (χ0) is 37.2. The van der Waals surface area contributed by atoms with Gasteiger partial charge in [-0.2, -0.15) is 0 Å². The van der Waals surface area contributed by atoms with E-state index in [1.165, 1.54) is 0 Å². The summed E-state index contributed by atoms with van der Waals surface area (Å²) in [7, 11) is 0. The highest BCUT2D eigenvalue weighted by molar-refractivity contribution is 5.79. The summed E-state index contributed by atoms with van der Waals surface area (Å²) in [5.41, 5.74) is 2.05. The van der Waals surface area contributed by atoms with Crippen molar-refractivity contribution in [1.82, 2.24) is 10.6 Å². The van der Waals surface area contributed by atoms with Crippen LogP contribution in [-0.2, 0) is 41.7 Å². The van der Waals surface area contributed by atoms with Crippen molar-refractivity contribution in [2.75, 3.05) is 13.2 Å². The molecule has 2 aromatic carbocycles. The first kappa shape index (κ1) is 41.1. The Bertz CT molecular complexity index is 1480. The number of rotatable bonds is 20. The average molecular weight is 713 g/mol. The molecule has 278 valence electrons. The molecule has 0 bridgehead atoms. The Morgan fingerprint density at radius 2 is 1.57 bits per heavy atom. The standard InChI is InChI=1S/C37H48N2O12/c40-23-31(44)39-33-28(41)21-37(36(48)49,50-24-27-13-9-7-10-14-27)51-35(33)34(47)29(42)22-38-30(43)20-26-18-16-25(17-19-26)12-8-5-3-1-2-4-6-11-15-32(45)46/h7,9-10,13-14,16-19,28-29,33-35,40-42,47H,1-6,11,15,20-24H2,(H,38,43)(H,39,44)(H,45,46)(H,48,49)/t28-,29+,33+,34+,35+,37+/m0/s1. The summed E-state index contributed by atoms with van der Waals surface area (Å²) in [6.45, 7) is -1.68. The van der Waals surface area contributed by atoms with Crippen molar-refractivity contribution < 1.29 is 59.3 Å². The van der Waals surface area contributed by atoms with E-state index < -0.39 is 79.6 Å². The van der Waals surface area contributed by atoms with Crippen molar-refractivity contribution >= 4 is 23.8 Å². The number of hydrogen-bond donors (Lipinski definition) is 8. The van der Waals surface area contributed by atoms with Crippen molar-refractivity contribution in [2.24, 2.45) is 0 Å². The third kappa shape index (κ3) is 13.7. The lowest BCUT2D eigenvalue weighted by Gasteiger charge is -2.46. The minimum absolute atomic E-state index is 0.0493. The number of aliphatic hydroxyl groups excluding tert-OH is 4. The van der Waals surface area contributed by atoms with Gasteiger partial charge in [0.1, 0.15) is 18.8 Å². The molecule has 1 aliphatic heterocycles. The molecule has 1 saturated heterocycles. The maximum absolute atomic E-state index is 12.7. The van der Waals surface area contributed by atoms with Crippen LogP contribution in [0.1, 0.15) is 74.5 Å². The van der Waals surface area contributed by atoms with E-state index in [-0.39, 0.29) is 19.4 Å². The Labute approximate surface area is 296 Å². The maximum Gasteiger partial charge on any atom is 0.364 e. The molecule has 51 heavy (non-hydrogen) atoms. The highest BCUT2D eigenvalue weighted by Gasteiger charge is 2.55. The summed E-state index contributed by atoms with van der Waals surface area (Å²) >= 11 is 0. The Hall–Kier alpha value is -4.36. The molecule has 14 heteroatoms. The van der Waals surface area contributed by atoms with Crippen LogP contribution in [0.3, 0.4) is 0 Å². The molecule has 14 nitrogen and oxygen atoms in total. The molecule has 1 aliphatic rings. The van der Waals surface area contributed by atoms with Crippen LogP contribution in [0.15, 0.2) is 54.6 Å². The van der Waals surface area contributed by atoms with E-state index in [2.05, 4.69) is 22.5 Å². The largest absolute Gasteiger partial charge is 0.481 e. The first-order valence-electron chi connectivity index (χ1n) is 17.0. The van der Waals surface area contributed by atoms with Crippen LogP contribution in [0.25, 0.3) is 0 Å². The molecular weight excluding hydrogens is 664 g/mol. The topological polar surface area (TPSA) is 232 Å². The Balaban J connectivity index is 1.52. The van der Waals surface area contributed by atoms with E-state index in [0.29, 0.717) is 17.5 Å². The molecule has 1 fully saturated rings. The summed E-state index contributed by atoms with van der Waals surface area (Å²) in [6.07, 6.45) is -1.09. The fourth-order valence-corrected chi connectivity index (χ4v) is 5.59. The number of carbonyl (C=O) groups is 4. The van der Waals surface area contributed by atoms with E-state index in [1.54, 1.807) is 54.6 Å². The molecule has 0 radical (unpaired) electrons. The molecule has 6 atom stereocenters. The Kier molecular flexibility index (Phi) is 17.0. The number of aliphatic carboxylic acids is 2. The number of nitrogens with one attached hydrogen (secondary N) is 2. The van der Waals surface area contributed by atoms with Crippen molar-refractivity contribution in [3.8, 4) is 11.8 Å². The minimum atomic E-state index is -2.47. The Morgan fingerprint density at radius 3 is 2.22 bits per heavy atom. The number of aliphatic hydroxyl groups is 4. The number of amides is 2. The fourth-order valence-electron chi connectivity index (χ4n) is 5.59. The van der Waals surface area contributed by atoms with E-state index in [0.717, 1.165) is 44.1 Å². The second-order valence-electron chi connectivity index (χ2n) is 12.5. The summed E-state index contributed by atoms with van der Waals surface area (Å²) in [5, 5.41) is 65.6. The maximum atomic E-state index is 12.7. The molecule has 0 saturated carbocycles. The lowest BCUT2D eigenvalue weighted by molar-refractivity contribution is -0.314. The Morgan fingerprint density at radius 1 is 0.902 bits per heavy atom. The molecule has 0 aliphatic carbocycles. The van der Waals surface area contributed by atoms with Gasteiger partial charge in [-0.25, -0.2) is 4.79 Å². The van der Waals surface area contributed by atoms with Gasteiger partial charge in [0.15, 0.2) is 0 Å². The third-order valence-electron chi connectivity index (χ3n) is 8.42. The lowest BCUT2D eigenvalue weighted by Crippen LogP contribution is -2.68. The molecule has 2 amide bonds. The SMILES string of the molecule is O=C(O)CCCCCCCCC#Cc1ccc(CC(=O)NC[C@@H](O)[C@@H](O)[C@@H]2O[C@@](OCc3ccccc3)(C(=O)O)C[C@H](O)[C@H]2NC(=O)CO)cc1. The average Bonchev–Trinajstić information content (AvgIpc) is 3.11. The smallest absolute Gasteiger partial charge is 0.364 e.